The van der Waals surface area contributed by atoms with Crippen LogP contribution in [0.2, 0.25) is 0 Å². The zero-order valence-electron chi connectivity index (χ0n) is 38.3. The molecule has 0 aliphatic heterocycles. The van der Waals surface area contributed by atoms with Gasteiger partial charge in [0.2, 0.25) is 0 Å². The second kappa shape index (κ2) is 16.0. The van der Waals surface area contributed by atoms with Crippen LogP contribution >= 0.6 is 0 Å². The molecule has 2 aromatic heterocycles. The molecule has 0 N–H and O–H groups in total. The zero-order valence-corrected chi connectivity index (χ0v) is 38.3. The Hall–Kier alpha value is -9.18. The van der Waals surface area contributed by atoms with Gasteiger partial charge < -0.3 is 14.0 Å². The predicted molar refractivity (Wildman–Crippen MR) is 293 cm³/mol. The monoisotopic (exact) mass is 891 g/mol. The van der Waals surface area contributed by atoms with E-state index in [1.165, 1.54) is 82.6 Å². The molecule has 11 aromatic carbocycles. The summed E-state index contributed by atoms with van der Waals surface area (Å²) in [7, 11) is 0. The van der Waals surface area contributed by atoms with E-state index in [1.807, 2.05) is 0 Å². The first-order chi connectivity index (χ1) is 34.8. The molecular weight excluding hydrogens is 847 g/mol. The van der Waals surface area contributed by atoms with E-state index in [0.717, 1.165) is 34.0 Å². The average Bonchev–Trinajstić information content (AvgIpc) is 4.07. The van der Waals surface area contributed by atoms with E-state index in [4.69, 9.17) is 0 Å². The smallest absolute Gasteiger partial charge is 0.0714 e. The largest absolute Gasteiger partial charge is 0.310 e. The van der Waals surface area contributed by atoms with Crippen LogP contribution in [-0.4, -0.2) is 9.13 Å². The molecule has 0 saturated heterocycles. The summed E-state index contributed by atoms with van der Waals surface area (Å²) in [4.78, 5) is 2.46. The lowest BCUT2D eigenvalue weighted by Gasteiger charge is -2.34. The van der Waals surface area contributed by atoms with Gasteiger partial charge in [-0.05, 0) is 118 Å². The SMILES string of the molecule is c1ccc(C2(c3ccccc3)c3ccccc3-c3c(N(c4ccc(-c5ccc(-n6c7ccccc7c7ccccc76)cc5)cc4)c4ccc(-n5c6ccccc6c6ccccc65)cc4)cccc32)cc1. The van der Waals surface area contributed by atoms with E-state index in [2.05, 4.69) is 287 Å². The van der Waals surface area contributed by atoms with Crippen molar-refractivity contribution in [3.63, 3.8) is 0 Å². The van der Waals surface area contributed by atoms with Gasteiger partial charge >= 0.3 is 0 Å². The van der Waals surface area contributed by atoms with E-state index in [-0.39, 0.29) is 0 Å². The third-order valence-electron chi connectivity index (χ3n) is 14.8. The molecule has 1 aliphatic rings. The zero-order chi connectivity index (χ0) is 46.2. The predicted octanol–water partition coefficient (Wildman–Crippen LogP) is 17.4. The van der Waals surface area contributed by atoms with Crippen molar-refractivity contribution in [2.45, 2.75) is 5.41 Å². The number of anilines is 3. The molecule has 70 heavy (non-hydrogen) atoms. The first-order valence-corrected chi connectivity index (χ1v) is 24.2. The second-order valence-electron chi connectivity index (χ2n) is 18.4. The van der Waals surface area contributed by atoms with E-state index >= 15 is 0 Å². The third-order valence-corrected chi connectivity index (χ3v) is 14.8. The highest BCUT2D eigenvalue weighted by atomic mass is 15.1. The molecular formula is C67H45N3. The van der Waals surface area contributed by atoms with Gasteiger partial charge in [0, 0.05) is 49.9 Å². The summed E-state index contributed by atoms with van der Waals surface area (Å²) in [6.07, 6.45) is 0. The fraction of sp³-hybridized carbons (Fsp3) is 0.0149. The molecule has 0 bridgehead atoms. The summed E-state index contributed by atoms with van der Waals surface area (Å²) < 4.78 is 4.77. The molecule has 3 heteroatoms. The lowest BCUT2D eigenvalue weighted by molar-refractivity contribution is 0.768. The van der Waals surface area contributed by atoms with Gasteiger partial charge in [-0.1, -0.05) is 194 Å². The molecule has 0 radical (unpaired) electrons. The molecule has 0 fully saturated rings. The lowest BCUT2D eigenvalue weighted by Crippen LogP contribution is -2.28. The Bertz CT molecular complexity index is 3940. The maximum absolute atomic E-state index is 2.46. The molecule has 0 amide bonds. The third kappa shape index (κ3) is 5.95. The van der Waals surface area contributed by atoms with Crippen molar-refractivity contribution in [1.29, 1.82) is 0 Å². The second-order valence-corrected chi connectivity index (χ2v) is 18.4. The first-order valence-electron chi connectivity index (χ1n) is 24.2. The fourth-order valence-electron chi connectivity index (χ4n) is 11.8. The number of para-hydroxylation sites is 4. The number of fused-ring (bicyclic) bond motifs is 9. The van der Waals surface area contributed by atoms with Gasteiger partial charge in [-0.25, -0.2) is 0 Å². The van der Waals surface area contributed by atoms with Crippen molar-refractivity contribution >= 4 is 60.7 Å². The summed E-state index contributed by atoms with van der Waals surface area (Å²) in [5, 5.41) is 5.04. The van der Waals surface area contributed by atoms with Crippen molar-refractivity contribution in [2.75, 3.05) is 4.90 Å². The Kier molecular flexibility index (Phi) is 9.11. The van der Waals surface area contributed by atoms with Crippen molar-refractivity contribution in [1.82, 2.24) is 9.13 Å². The average molecular weight is 892 g/mol. The van der Waals surface area contributed by atoms with Crippen LogP contribution in [0.25, 0.3) is 77.2 Å². The molecule has 0 spiro atoms. The summed E-state index contributed by atoms with van der Waals surface area (Å²) in [6, 6.07) is 100. The van der Waals surface area contributed by atoms with E-state index in [0.29, 0.717) is 0 Å². The maximum Gasteiger partial charge on any atom is 0.0714 e. The Morgan fingerprint density at radius 3 is 1.14 bits per heavy atom. The van der Waals surface area contributed by atoms with Gasteiger partial charge in [0.05, 0.1) is 33.2 Å². The van der Waals surface area contributed by atoms with Gasteiger partial charge in [0.1, 0.15) is 0 Å². The normalized spacial score (nSPS) is 12.7. The van der Waals surface area contributed by atoms with E-state index < -0.39 is 5.41 Å². The quantitative estimate of drug-likeness (QED) is 0.148. The molecule has 14 rings (SSSR count). The summed E-state index contributed by atoms with van der Waals surface area (Å²) >= 11 is 0. The minimum absolute atomic E-state index is 0.522. The molecule has 2 heterocycles. The summed E-state index contributed by atoms with van der Waals surface area (Å²) in [6.45, 7) is 0. The van der Waals surface area contributed by atoms with Gasteiger partial charge in [0.15, 0.2) is 0 Å². The summed E-state index contributed by atoms with van der Waals surface area (Å²) in [5.74, 6) is 0. The number of rotatable bonds is 8. The Morgan fingerprint density at radius 1 is 0.286 bits per heavy atom. The van der Waals surface area contributed by atoms with Crippen molar-refractivity contribution < 1.29 is 0 Å². The van der Waals surface area contributed by atoms with Crippen LogP contribution in [0.3, 0.4) is 0 Å². The van der Waals surface area contributed by atoms with Gasteiger partial charge in [-0.3, -0.25) is 0 Å². The molecule has 0 saturated carbocycles. The molecule has 328 valence electrons. The van der Waals surface area contributed by atoms with Crippen molar-refractivity contribution in [3.8, 4) is 33.6 Å². The summed E-state index contributed by atoms with van der Waals surface area (Å²) in [5.41, 5.74) is 19.7. The number of hydrogen-bond acceptors (Lipinski definition) is 1. The Balaban J connectivity index is 0.930. The van der Waals surface area contributed by atoms with Crippen LogP contribution in [-0.2, 0) is 5.41 Å². The van der Waals surface area contributed by atoms with Crippen LogP contribution < -0.4 is 4.90 Å². The van der Waals surface area contributed by atoms with Crippen LogP contribution in [0.1, 0.15) is 22.3 Å². The van der Waals surface area contributed by atoms with E-state index in [9.17, 15) is 0 Å². The molecule has 13 aromatic rings. The Morgan fingerprint density at radius 2 is 0.657 bits per heavy atom. The Labute approximate surface area is 407 Å². The van der Waals surface area contributed by atoms with Crippen LogP contribution in [0.15, 0.2) is 273 Å². The van der Waals surface area contributed by atoms with E-state index in [1.54, 1.807) is 0 Å². The maximum atomic E-state index is 2.46. The highest BCUT2D eigenvalue weighted by Gasteiger charge is 2.47. The number of nitrogens with zero attached hydrogens (tertiary/aromatic N) is 3. The van der Waals surface area contributed by atoms with Crippen molar-refractivity contribution in [3.05, 3.63) is 295 Å². The minimum atomic E-state index is -0.522. The highest BCUT2D eigenvalue weighted by molar-refractivity contribution is 6.10. The van der Waals surface area contributed by atoms with Crippen molar-refractivity contribution in [2.24, 2.45) is 0 Å². The number of hydrogen-bond donors (Lipinski definition) is 0. The number of aromatic nitrogens is 2. The van der Waals surface area contributed by atoms with Gasteiger partial charge in [-0.2, -0.15) is 0 Å². The minimum Gasteiger partial charge on any atom is -0.310 e. The van der Waals surface area contributed by atoms with Gasteiger partial charge in [0.25, 0.3) is 0 Å². The number of benzene rings is 11. The highest BCUT2D eigenvalue weighted by Crippen LogP contribution is 2.59. The molecule has 0 unspecified atom stereocenters. The lowest BCUT2D eigenvalue weighted by atomic mass is 9.68. The molecule has 3 nitrogen and oxygen atoms in total. The fourth-order valence-corrected chi connectivity index (χ4v) is 11.8. The molecule has 0 atom stereocenters. The topological polar surface area (TPSA) is 13.1 Å². The standard InChI is InChI=1S/C67H45N3/c1-3-18-48(19-4-1)67(49-20-5-2-6-21-49)59-27-12-7-26-58(59)66-60(67)28-17-33-65(66)68(51-42-44-53(45-43-51)70-63-31-15-10-24-56(63)57-25-11-16-32-64(57)70)50-38-34-46(35-39-50)47-36-40-52(41-37-47)69-61-29-13-8-22-54(61)55-23-9-14-30-62(55)69/h1-45H. The van der Waals surface area contributed by atoms with Crippen LogP contribution in [0.5, 0.6) is 0 Å². The first kappa shape index (κ1) is 39.9. The van der Waals surface area contributed by atoms with Crippen LogP contribution in [0, 0.1) is 0 Å². The van der Waals surface area contributed by atoms with Crippen LogP contribution in [0.4, 0.5) is 17.1 Å². The molecule has 1 aliphatic carbocycles. The van der Waals surface area contributed by atoms with Gasteiger partial charge in [-0.15, -0.1) is 0 Å².